The molecule has 0 aliphatic heterocycles. The third-order valence-corrected chi connectivity index (χ3v) is 3.14. The number of rotatable bonds is 14. The monoisotopic (exact) mass is 275 g/mol. The van der Waals surface area contributed by atoms with Crippen molar-refractivity contribution in [2.24, 2.45) is 5.73 Å². The second kappa shape index (κ2) is 12.9. The number of unbranched alkanes of at least 4 members (excludes halogenated alkanes) is 6. The predicted octanol–water partition coefficient (Wildman–Crippen LogP) is 2.08. The SMILES string of the molecule is CC(C)(OCCCCCCN)OCCCCCC[NH3+]. The highest BCUT2D eigenvalue weighted by atomic mass is 16.7. The van der Waals surface area contributed by atoms with E-state index in [0.29, 0.717) is 0 Å². The van der Waals surface area contributed by atoms with E-state index in [1.54, 1.807) is 0 Å². The van der Waals surface area contributed by atoms with Gasteiger partial charge in [0.2, 0.25) is 0 Å². The fourth-order valence-corrected chi connectivity index (χ4v) is 1.91. The predicted molar refractivity (Wildman–Crippen MR) is 79.7 cm³/mol. The minimum absolute atomic E-state index is 0.444. The molecule has 116 valence electrons. The summed E-state index contributed by atoms with van der Waals surface area (Å²) in [5.74, 6) is -0.444. The number of quaternary nitrogens is 1. The first-order valence-corrected chi connectivity index (χ1v) is 7.89. The van der Waals surface area contributed by atoms with Crippen molar-refractivity contribution in [2.75, 3.05) is 26.3 Å². The molecule has 0 rings (SSSR count). The standard InChI is InChI=1S/C15H34N2O2/c1-15(2,18-13-9-5-3-7-11-16)19-14-10-6-4-8-12-17/h3-14,16-17H2,1-2H3/p+1. The van der Waals surface area contributed by atoms with Crippen LogP contribution in [0.5, 0.6) is 0 Å². The normalized spacial score (nSPS) is 12.0. The van der Waals surface area contributed by atoms with Crippen LogP contribution in [0.15, 0.2) is 0 Å². The summed E-state index contributed by atoms with van der Waals surface area (Å²) in [6, 6.07) is 0. The molecule has 0 unspecified atom stereocenters. The van der Waals surface area contributed by atoms with Gasteiger partial charge >= 0.3 is 0 Å². The van der Waals surface area contributed by atoms with Gasteiger partial charge in [0.05, 0.1) is 6.54 Å². The van der Waals surface area contributed by atoms with Crippen LogP contribution in [0.1, 0.15) is 65.2 Å². The van der Waals surface area contributed by atoms with Crippen molar-refractivity contribution in [2.45, 2.75) is 71.0 Å². The molecular formula is C15H35N2O2+. The Hall–Kier alpha value is -0.160. The Bertz CT molecular complexity index is 169. The summed E-state index contributed by atoms with van der Waals surface area (Å²) in [6.45, 7) is 7.41. The highest BCUT2D eigenvalue weighted by Crippen LogP contribution is 2.14. The van der Waals surface area contributed by atoms with Crippen LogP contribution in [0.2, 0.25) is 0 Å². The molecule has 0 saturated heterocycles. The van der Waals surface area contributed by atoms with Gasteiger partial charge in [0.15, 0.2) is 5.79 Å². The third-order valence-electron chi connectivity index (χ3n) is 3.14. The Morgan fingerprint density at radius 3 is 1.74 bits per heavy atom. The fraction of sp³-hybridized carbons (Fsp3) is 1.00. The number of hydrogen-bond donors (Lipinski definition) is 2. The van der Waals surface area contributed by atoms with Crippen molar-refractivity contribution >= 4 is 0 Å². The fourth-order valence-electron chi connectivity index (χ4n) is 1.91. The molecule has 5 N–H and O–H groups in total. The maximum atomic E-state index is 5.78. The van der Waals surface area contributed by atoms with E-state index in [4.69, 9.17) is 15.2 Å². The van der Waals surface area contributed by atoms with E-state index in [9.17, 15) is 0 Å². The molecule has 0 aromatic heterocycles. The van der Waals surface area contributed by atoms with E-state index in [-0.39, 0.29) is 0 Å². The zero-order valence-electron chi connectivity index (χ0n) is 13.1. The lowest BCUT2D eigenvalue weighted by Gasteiger charge is -2.25. The van der Waals surface area contributed by atoms with Crippen molar-refractivity contribution in [3.8, 4) is 0 Å². The van der Waals surface area contributed by atoms with Gasteiger partial charge in [-0.1, -0.05) is 19.3 Å². The summed E-state index contributed by atoms with van der Waals surface area (Å²) in [5.41, 5.74) is 9.30. The molecule has 19 heavy (non-hydrogen) atoms. The molecule has 0 aromatic rings. The number of hydrogen-bond acceptors (Lipinski definition) is 3. The highest BCUT2D eigenvalue weighted by Gasteiger charge is 2.17. The molecule has 0 bridgehead atoms. The van der Waals surface area contributed by atoms with Crippen molar-refractivity contribution in [1.82, 2.24) is 0 Å². The van der Waals surface area contributed by atoms with E-state index in [2.05, 4.69) is 5.73 Å². The van der Waals surface area contributed by atoms with Crippen LogP contribution in [-0.2, 0) is 9.47 Å². The summed E-state index contributed by atoms with van der Waals surface area (Å²) in [4.78, 5) is 0. The highest BCUT2D eigenvalue weighted by molar-refractivity contribution is 4.55. The summed E-state index contributed by atoms with van der Waals surface area (Å²) >= 11 is 0. The minimum atomic E-state index is -0.444. The lowest BCUT2D eigenvalue weighted by atomic mass is 10.2. The summed E-state index contributed by atoms with van der Waals surface area (Å²) < 4.78 is 11.6. The average molecular weight is 275 g/mol. The van der Waals surface area contributed by atoms with E-state index in [0.717, 1.165) is 45.6 Å². The van der Waals surface area contributed by atoms with Gasteiger partial charge in [0, 0.05) is 13.2 Å². The summed E-state index contributed by atoms with van der Waals surface area (Å²) in [7, 11) is 0. The summed E-state index contributed by atoms with van der Waals surface area (Å²) in [5, 5.41) is 0. The molecule has 4 heteroatoms. The first-order chi connectivity index (χ1) is 9.12. The van der Waals surface area contributed by atoms with Gasteiger partial charge < -0.3 is 20.9 Å². The quantitative estimate of drug-likeness (QED) is 0.376. The van der Waals surface area contributed by atoms with Crippen LogP contribution in [0.3, 0.4) is 0 Å². The maximum Gasteiger partial charge on any atom is 0.162 e. The molecule has 0 heterocycles. The van der Waals surface area contributed by atoms with Crippen molar-refractivity contribution in [3.63, 3.8) is 0 Å². The first kappa shape index (κ1) is 18.8. The van der Waals surface area contributed by atoms with E-state index >= 15 is 0 Å². The van der Waals surface area contributed by atoms with Crippen LogP contribution < -0.4 is 11.5 Å². The lowest BCUT2D eigenvalue weighted by Crippen LogP contribution is -2.50. The molecule has 0 aliphatic rings. The van der Waals surface area contributed by atoms with Crippen LogP contribution in [-0.4, -0.2) is 32.1 Å². The van der Waals surface area contributed by atoms with Gasteiger partial charge in [-0.15, -0.1) is 0 Å². The molecule has 0 amide bonds. The van der Waals surface area contributed by atoms with Gasteiger partial charge in [-0.2, -0.15) is 0 Å². The molecular weight excluding hydrogens is 240 g/mol. The van der Waals surface area contributed by atoms with Crippen LogP contribution in [0, 0.1) is 0 Å². The molecule has 0 radical (unpaired) electrons. The molecule has 0 atom stereocenters. The second-order valence-electron chi connectivity index (χ2n) is 5.57. The number of ether oxygens (including phenoxy) is 2. The average Bonchev–Trinajstić information content (AvgIpc) is 2.38. The van der Waals surface area contributed by atoms with Crippen molar-refractivity contribution in [1.29, 1.82) is 0 Å². The zero-order chi connectivity index (χ0) is 14.4. The molecule has 0 saturated carbocycles. The van der Waals surface area contributed by atoms with Crippen molar-refractivity contribution in [3.05, 3.63) is 0 Å². The van der Waals surface area contributed by atoms with Crippen LogP contribution >= 0.6 is 0 Å². The Morgan fingerprint density at radius 1 is 0.789 bits per heavy atom. The molecule has 0 fully saturated rings. The summed E-state index contributed by atoms with van der Waals surface area (Å²) in [6.07, 6.45) is 9.43. The van der Waals surface area contributed by atoms with Gasteiger partial charge in [0.25, 0.3) is 0 Å². The first-order valence-electron chi connectivity index (χ1n) is 7.89. The van der Waals surface area contributed by atoms with Gasteiger partial charge in [-0.05, 0) is 52.5 Å². The molecule has 4 nitrogen and oxygen atoms in total. The Balaban J connectivity index is 3.36. The Kier molecular flexibility index (Phi) is 12.7. The largest absolute Gasteiger partial charge is 0.358 e. The van der Waals surface area contributed by atoms with Gasteiger partial charge in [-0.25, -0.2) is 0 Å². The number of nitrogens with two attached hydrogens (primary N) is 1. The van der Waals surface area contributed by atoms with Crippen LogP contribution in [0.4, 0.5) is 0 Å². The maximum absolute atomic E-state index is 5.78. The Labute approximate surface area is 119 Å². The molecule has 0 aromatic carbocycles. The minimum Gasteiger partial charge on any atom is -0.358 e. The molecule has 0 aliphatic carbocycles. The Morgan fingerprint density at radius 2 is 1.26 bits per heavy atom. The lowest BCUT2D eigenvalue weighted by molar-refractivity contribution is -0.368. The van der Waals surface area contributed by atoms with E-state index < -0.39 is 5.79 Å². The zero-order valence-corrected chi connectivity index (χ0v) is 13.1. The van der Waals surface area contributed by atoms with Crippen LogP contribution in [0.25, 0.3) is 0 Å². The second-order valence-corrected chi connectivity index (χ2v) is 5.57. The third kappa shape index (κ3) is 14.1. The van der Waals surface area contributed by atoms with Gasteiger partial charge in [0.1, 0.15) is 0 Å². The molecule has 0 spiro atoms. The van der Waals surface area contributed by atoms with Crippen molar-refractivity contribution < 1.29 is 15.2 Å². The topological polar surface area (TPSA) is 72.1 Å². The van der Waals surface area contributed by atoms with E-state index in [1.165, 1.54) is 32.1 Å². The van der Waals surface area contributed by atoms with Gasteiger partial charge in [-0.3, -0.25) is 0 Å². The van der Waals surface area contributed by atoms with E-state index in [1.807, 2.05) is 13.8 Å². The smallest absolute Gasteiger partial charge is 0.162 e.